The molecule has 6 nitrogen and oxygen atoms in total. The Morgan fingerprint density at radius 3 is 2.36 bits per heavy atom. The summed E-state index contributed by atoms with van der Waals surface area (Å²) in [6.07, 6.45) is 1.80. The second-order valence-electron chi connectivity index (χ2n) is 5.85. The van der Waals surface area contributed by atoms with Crippen molar-refractivity contribution >= 4 is 31.6 Å². The third-order valence-corrected chi connectivity index (χ3v) is 4.60. The molecule has 0 spiro atoms. The van der Waals surface area contributed by atoms with Crippen LogP contribution in [0.3, 0.4) is 0 Å². The maximum absolute atomic E-state index is 15.6. The largest absolute Gasteiger partial charge is 0.377 e. The van der Waals surface area contributed by atoms with Crippen molar-refractivity contribution < 1.29 is 22.7 Å². The average molecular weight is 452 g/mol. The molecule has 1 aromatic carbocycles. The summed E-state index contributed by atoms with van der Waals surface area (Å²) in [7, 11) is 11.6. The van der Waals surface area contributed by atoms with Crippen LogP contribution in [0.1, 0.15) is 11.3 Å². The zero-order chi connectivity index (χ0) is 20.7. The average Bonchev–Trinajstić information content (AvgIpc) is 3.16. The van der Waals surface area contributed by atoms with Gasteiger partial charge in [-0.25, -0.2) is 13.5 Å². The summed E-state index contributed by atoms with van der Waals surface area (Å²) < 4.78 is 59.8. The zero-order valence-corrected chi connectivity index (χ0v) is 15.4. The Labute approximate surface area is 166 Å². The summed E-state index contributed by atoms with van der Waals surface area (Å²) in [5, 5.41) is 18.0. The van der Waals surface area contributed by atoms with Gasteiger partial charge >= 0.3 is 5.92 Å². The Hall–Kier alpha value is -2.27. The fourth-order valence-corrected chi connectivity index (χ4v) is 2.90. The smallest absolute Gasteiger partial charge is 0.322 e. The number of nitrogens with zero attached hydrogens (tertiary/aromatic N) is 5. The number of aromatic nitrogens is 5. The summed E-state index contributed by atoms with van der Waals surface area (Å²) in [6, 6.07) is 3.69. The molecule has 13 heteroatoms. The second-order valence-corrected chi connectivity index (χ2v) is 6.77. The molecule has 0 bridgehead atoms. The lowest BCUT2D eigenvalue weighted by Gasteiger charge is -2.47. The summed E-state index contributed by atoms with van der Waals surface area (Å²) in [6.45, 7) is 0. The second kappa shape index (κ2) is 6.96. The molecule has 3 aromatic rings. The molecule has 2 heterocycles. The van der Waals surface area contributed by atoms with E-state index in [1.165, 1.54) is 6.07 Å². The molecule has 0 unspecified atom stereocenters. The van der Waals surface area contributed by atoms with Gasteiger partial charge in [-0.2, -0.15) is 8.78 Å². The van der Waals surface area contributed by atoms with Crippen LogP contribution in [0.5, 0.6) is 0 Å². The van der Waals surface area contributed by atoms with Crippen molar-refractivity contribution in [1.29, 1.82) is 0 Å². The molecule has 0 saturated carbocycles. The number of halogens is 5. The number of benzene rings is 1. The molecule has 0 aliphatic heterocycles. The standard InChI is InChI=1S/C15H8B2BrF4N5O/c16-15(17,27-7-24-25-26-27)13(28,10-3-2-9(19)5-11(10)20)14(21,22)12-4-1-8(18)6-23-12/h1-7,28H/t13-/m0/s1. The van der Waals surface area contributed by atoms with E-state index in [4.69, 9.17) is 15.7 Å². The maximum atomic E-state index is 15.6. The zero-order valence-electron chi connectivity index (χ0n) is 13.8. The molecule has 2 aromatic heterocycles. The summed E-state index contributed by atoms with van der Waals surface area (Å²) in [5.74, 6) is -6.94. The highest BCUT2D eigenvalue weighted by atomic mass is 79.9. The van der Waals surface area contributed by atoms with Crippen molar-refractivity contribution in [2.45, 2.75) is 16.9 Å². The lowest BCUT2D eigenvalue weighted by atomic mass is 9.49. The number of tetrazole rings is 1. The van der Waals surface area contributed by atoms with Crippen LogP contribution in [0.15, 0.2) is 47.3 Å². The maximum Gasteiger partial charge on any atom is 0.322 e. The lowest BCUT2D eigenvalue weighted by Crippen LogP contribution is -2.63. The van der Waals surface area contributed by atoms with Gasteiger partial charge in [-0.1, -0.05) is 6.07 Å². The van der Waals surface area contributed by atoms with Gasteiger partial charge in [0, 0.05) is 27.6 Å². The van der Waals surface area contributed by atoms with Crippen LogP contribution >= 0.6 is 15.9 Å². The fourth-order valence-electron chi connectivity index (χ4n) is 2.66. The number of hydrogen-bond acceptors (Lipinski definition) is 5. The van der Waals surface area contributed by atoms with Crippen molar-refractivity contribution in [2.75, 3.05) is 0 Å². The van der Waals surface area contributed by atoms with Gasteiger partial charge in [0.1, 0.15) is 23.7 Å². The normalized spacial score (nSPS) is 14.6. The van der Waals surface area contributed by atoms with E-state index < -0.39 is 39.8 Å². The van der Waals surface area contributed by atoms with E-state index in [1.54, 1.807) is 0 Å². The van der Waals surface area contributed by atoms with Crippen LogP contribution in [0.4, 0.5) is 17.6 Å². The molecule has 0 fully saturated rings. The Morgan fingerprint density at radius 2 is 1.82 bits per heavy atom. The van der Waals surface area contributed by atoms with Crippen LogP contribution in [0.2, 0.25) is 0 Å². The quantitative estimate of drug-likeness (QED) is 0.472. The molecule has 1 N–H and O–H groups in total. The van der Waals surface area contributed by atoms with E-state index in [2.05, 4.69) is 36.4 Å². The van der Waals surface area contributed by atoms with Gasteiger partial charge in [0.25, 0.3) is 0 Å². The Bertz CT molecular complexity index is 991. The van der Waals surface area contributed by atoms with Gasteiger partial charge in [-0.3, -0.25) is 4.98 Å². The summed E-state index contributed by atoms with van der Waals surface area (Å²) in [4.78, 5) is 3.56. The number of rotatable bonds is 5. The van der Waals surface area contributed by atoms with Crippen LogP contribution < -0.4 is 0 Å². The number of pyridine rings is 1. The number of hydrogen-bond donors (Lipinski definition) is 1. The topological polar surface area (TPSA) is 76.7 Å². The van der Waals surface area contributed by atoms with E-state index in [0.717, 1.165) is 18.6 Å². The monoisotopic (exact) mass is 451 g/mol. The highest BCUT2D eigenvalue weighted by Gasteiger charge is 2.65. The highest BCUT2D eigenvalue weighted by molar-refractivity contribution is 9.10. The first-order valence-corrected chi connectivity index (χ1v) is 8.30. The first-order chi connectivity index (χ1) is 13.0. The van der Waals surface area contributed by atoms with Gasteiger partial charge in [-0.05, 0) is 44.6 Å². The van der Waals surface area contributed by atoms with E-state index >= 15 is 8.78 Å². The molecule has 0 saturated heterocycles. The summed E-state index contributed by atoms with van der Waals surface area (Å²) >= 11 is 3.05. The van der Waals surface area contributed by atoms with Crippen molar-refractivity contribution in [2.24, 2.45) is 0 Å². The number of aliphatic hydroxyl groups is 1. The van der Waals surface area contributed by atoms with Gasteiger partial charge < -0.3 is 5.11 Å². The van der Waals surface area contributed by atoms with E-state index in [0.29, 0.717) is 27.4 Å². The fraction of sp³-hybridized carbons (Fsp3) is 0.200. The van der Waals surface area contributed by atoms with Crippen LogP contribution in [-0.4, -0.2) is 46.0 Å². The van der Waals surface area contributed by atoms with Crippen molar-refractivity contribution in [3.05, 3.63) is 70.2 Å². The van der Waals surface area contributed by atoms with E-state index in [9.17, 15) is 13.9 Å². The van der Waals surface area contributed by atoms with Crippen molar-refractivity contribution in [3.8, 4) is 0 Å². The summed E-state index contributed by atoms with van der Waals surface area (Å²) in [5.41, 5.74) is -5.74. The highest BCUT2D eigenvalue weighted by Crippen LogP contribution is 2.52. The van der Waals surface area contributed by atoms with Crippen molar-refractivity contribution in [1.82, 2.24) is 25.2 Å². The van der Waals surface area contributed by atoms with Gasteiger partial charge in [0.05, 0.1) is 15.7 Å². The molecule has 0 aliphatic carbocycles. The Balaban J connectivity index is 2.32. The minimum absolute atomic E-state index is 0.307. The van der Waals surface area contributed by atoms with Crippen molar-refractivity contribution in [3.63, 3.8) is 0 Å². The minimum atomic E-state index is -4.37. The SMILES string of the molecule is [B]C([B])(n1cnnn1)[C@](O)(c1ccc(F)cc1F)C(F)(F)c1ccc(Br)cn1. The minimum Gasteiger partial charge on any atom is -0.377 e. The first kappa shape index (κ1) is 20.5. The molecule has 3 rings (SSSR count). The first-order valence-electron chi connectivity index (χ1n) is 7.51. The molecule has 4 radical (unpaired) electrons. The molecule has 0 amide bonds. The molecular weight excluding hydrogens is 444 g/mol. The van der Waals surface area contributed by atoms with Crippen LogP contribution in [0, 0.1) is 11.6 Å². The molecule has 0 aliphatic rings. The lowest BCUT2D eigenvalue weighted by molar-refractivity contribution is -0.220. The molecule has 1 atom stereocenters. The van der Waals surface area contributed by atoms with Crippen LogP contribution in [0.25, 0.3) is 0 Å². The van der Waals surface area contributed by atoms with Crippen LogP contribution in [-0.2, 0) is 16.9 Å². The van der Waals surface area contributed by atoms with E-state index in [-0.39, 0.29) is 0 Å². The van der Waals surface area contributed by atoms with Gasteiger partial charge in [0.2, 0.25) is 0 Å². The van der Waals surface area contributed by atoms with Gasteiger partial charge in [0.15, 0.2) is 5.60 Å². The molecule has 140 valence electrons. The predicted molar refractivity (Wildman–Crippen MR) is 93.4 cm³/mol. The molecular formula is C15H8B2BrF4N5O. The molecule has 28 heavy (non-hydrogen) atoms. The third-order valence-electron chi connectivity index (χ3n) is 4.13. The number of alkyl halides is 2. The Morgan fingerprint density at radius 1 is 1.11 bits per heavy atom. The Kier molecular flexibility index (Phi) is 5.09. The van der Waals surface area contributed by atoms with E-state index in [1.807, 2.05) is 0 Å². The third kappa shape index (κ3) is 3.02. The van der Waals surface area contributed by atoms with Gasteiger partial charge in [-0.15, -0.1) is 5.10 Å². The predicted octanol–water partition coefficient (Wildman–Crippen LogP) is 1.74.